The van der Waals surface area contributed by atoms with Gasteiger partial charge in [-0.25, -0.2) is 4.79 Å². The number of aryl methyl sites for hydroxylation is 1. The molecule has 138 valence electrons. The number of nitrogens with zero attached hydrogens (tertiary/aromatic N) is 2. The molecule has 6 nitrogen and oxygen atoms in total. The molecule has 0 spiro atoms. The molecule has 0 radical (unpaired) electrons. The summed E-state index contributed by atoms with van der Waals surface area (Å²) in [4.78, 5) is 27.7. The molecule has 0 bridgehead atoms. The summed E-state index contributed by atoms with van der Waals surface area (Å²) < 4.78 is 5.04. The number of amides is 1. The Balaban J connectivity index is 1.90. The summed E-state index contributed by atoms with van der Waals surface area (Å²) in [6.45, 7) is 1.84. The van der Waals surface area contributed by atoms with Gasteiger partial charge in [0, 0.05) is 33.4 Å². The zero-order chi connectivity index (χ0) is 19.3. The molecule has 26 heavy (non-hydrogen) atoms. The number of rotatable bonds is 6. The molecule has 0 atom stereocenters. The minimum atomic E-state index is -0.719. The van der Waals surface area contributed by atoms with Gasteiger partial charge in [-0.2, -0.15) is 0 Å². The first-order valence-electron chi connectivity index (χ1n) is 8.25. The second-order valence-corrected chi connectivity index (χ2v) is 6.41. The van der Waals surface area contributed by atoms with Crippen molar-refractivity contribution in [2.45, 2.75) is 13.5 Å². The van der Waals surface area contributed by atoms with Crippen LogP contribution in [-0.2, 0) is 16.1 Å². The number of benzene rings is 2. The second-order valence-electron chi connectivity index (χ2n) is 6.41. The van der Waals surface area contributed by atoms with Crippen molar-refractivity contribution in [2.75, 3.05) is 32.6 Å². The molecular formula is C20H24N2O4. The number of phenols is 1. The maximum Gasteiger partial charge on any atom is 0.342 e. The van der Waals surface area contributed by atoms with Crippen LogP contribution in [0.2, 0.25) is 0 Å². The van der Waals surface area contributed by atoms with Crippen molar-refractivity contribution in [3.8, 4) is 5.75 Å². The maximum absolute atomic E-state index is 12.2. The van der Waals surface area contributed by atoms with Crippen LogP contribution in [0.4, 0.5) is 5.69 Å². The second kappa shape index (κ2) is 8.38. The number of anilines is 1. The number of carbonyl (C=O) groups excluding carboxylic acids is 2. The predicted molar refractivity (Wildman–Crippen MR) is 100 cm³/mol. The Morgan fingerprint density at radius 2 is 1.69 bits per heavy atom. The van der Waals surface area contributed by atoms with Gasteiger partial charge in [-0.3, -0.25) is 4.79 Å². The first-order valence-corrected chi connectivity index (χ1v) is 8.25. The zero-order valence-electron chi connectivity index (χ0n) is 15.5. The van der Waals surface area contributed by atoms with Crippen molar-refractivity contribution in [1.29, 1.82) is 0 Å². The predicted octanol–water partition coefficient (Wildman–Crippen LogP) is 2.58. The topological polar surface area (TPSA) is 70.1 Å². The Morgan fingerprint density at radius 3 is 2.31 bits per heavy atom. The van der Waals surface area contributed by atoms with Gasteiger partial charge in [-0.05, 0) is 36.8 Å². The highest BCUT2D eigenvalue weighted by Crippen LogP contribution is 2.19. The normalized spacial score (nSPS) is 10.3. The SMILES string of the molecule is Cc1ccc(O)c(C(=O)OCC(=O)N(C)Cc2ccc(N(C)C)cc2)c1. The Bertz CT molecular complexity index is 785. The Hall–Kier alpha value is -3.02. The average molecular weight is 356 g/mol. The Morgan fingerprint density at radius 1 is 1.04 bits per heavy atom. The van der Waals surface area contributed by atoms with Gasteiger partial charge in [-0.1, -0.05) is 23.8 Å². The standard InChI is InChI=1S/C20H24N2O4/c1-14-5-10-18(23)17(11-14)20(25)26-13-19(24)22(4)12-15-6-8-16(9-7-15)21(2)3/h5-11,23H,12-13H2,1-4H3. The molecule has 0 unspecified atom stereocenters. The fourth-order valence-electron chi connectivity index (χ4n) is 2.39. The van der Waals surface area contributed by atoms with Gasteiger partial charge in [0.05, 0.1) is 0 Å². The van der Waals surface area contributed by atoms with Crippen LogP contribution in [-0.4, -0.2) is 49.6 Å². The van der Waals surface area contributed by atoms with Crippen molar-refractivity contribution in [1.82, 2.24) is 4.90 Å². The van der Waals surface area contributed by atoms with E-state index in [-0.39, 0.29) is 23.8 Å². The van der Waals surface area contributed by atoms with E-state index in [2.05, 4.69) is 0 Å². The number of likely N-dealkylation sites (N-methyl/N-ethyl adjacent to an activating group) is 1. The molecule has 0 saturated carbocycles. The van der Waals surface area contributed by atoms with Crippen molar-refractivity contribution in [3.63, 3.8) is 0 Å². The lowest BCUT2D eigenvalue weighted by molar-refractivity contribution is -0.133. The van der Waals surface area contributed by atoms with E-state index in [0.29, 0.717) is 6.54 Å². The summed E-state index contributed by atoms with van der Waals surface area (Å²) in [6, 6.07) is 12.5. The fourth-order valence-corrected chi connectivity index (χ4v) is 2.39. The van der Waals surface area contributed by atoms with Crippen LogP contribution in [0.1, 0.15) is 21.5 Å². The van der Waals surface area contributed by atoms with Crippen LogP contribution >= 0.6 is 0 Å². The lowest BCUT2D eigenvalue weighted by atomic mass is 10.1. The van der Waals surface area contributed by atoms with Gasteiger partial charge >= 0.3 is 5.97 Å². The van der Waals surface area contributed by atoms with Gasteiger partial charge < -0.3 is 19.6 Å². The van der Waals surface area contributed by atoms with Crippen molar-refractivity contribution in [3.05, 3.63) is 59.2 Å². The molecule has 1 N–H and O–H groups in total. The van der Waals surface area contributed by atoms with E-state index in [0.717, 1.165) is 16.8 Å². The highest BCUT2D eigenvalue weighted by Gasteiger charge is 2.16. The molecule has 0 aliphatic heterocycles. The molecule has 0 fully saturated rings. The monoisotopic (exact) mass is 356 g/mol. The highest BCUT2D eigenvalue weighted by atomic mass is 16.5. The average Bonchev–Trinajstić information content (AvgIpc) is 2.61. The highest BCUT2D eigenvalue weighted by molar-refractivity contribution is 5.94. The molecule has 0 heterocycles. The summed E-state index contributed by atoms with van der Waals surface area (Å²) in [5.41, 5.74) is 2.93. The van der Waals surface area contributed by atoms with Crippen LogP contribution < -0.4 is 4.90 Å². The van der Waals surface area contributed by atoms with E-state index in [1.165, 1.54) is 17.0 Å². The first-order chi connectivity index (χ1) is 12.3. The quantitative estimate of drug-likeness (QED) is 0.806. The van der Waals surface area contributed by atoms with E-state index in [9.17, 15) is 14.7 Å². The molecule has 2 aromatic carbocycles. The van der Waals surface area contributed by atoms with Crippen LogP contribution in [0.25, 0.3) is 0 Å². The first kappa shape index (κ1) is 19.3. The summed E-state index contributed by atoms with van der Waals surface area (Å²) >= 11 is 0. The minimum absolute atomic E-state index is 0.0553. The van der Waals surface area contributed by atoms with Crippen LogP contribution in [0, 0.1) is 6.92 Å². The van der Waals surface area contributed by atoms with Gasteiger partial charge in [0.1, 0.15) is 11.3 Å². The third kappa shape index (κ3) is 4.99. The number of hydrogen-bond acceptors (Lipinski definition) is 5. The van der Waals surface area contributed by atoms with Gasteiger partial charge in [0.25, 0.3) is 5.91 Å². The van der Waals surface area contributed by atoms with E-state index >= 15 is 0 Å². The maximum atomic E-state index is 12.2. The number of carbonyl (C=O) groups is 2. The van der Waals surface area contributed by atoms with Crippen LogP contribution in [0.5, 0.6) is 5.75 Å². The Kier molecular flexibility index (Phi) is 6.22. The lowest BCUT2D eigenvalue weighted by Crippen LogP contribution is -2.30. The third-order valence-electron chi connectivity index (χ3n) is 4.00. The Labute approximate surface area is 153 Å². The van der Waals surface area contributed by atoms with Crippen molar-refractivity contribution < 1.29 is 19.4 Å². The number of hydrogen-bond donors (Lipinski definition) is 1. The minimum Gasteiger partial charge on any atom is -0.507 e. The molecule has 2 rings (SSSR count). The molecule has 2 aromatic rings. The summed E-state index contributed by atoms with van der Waals surface area (Å²) in [5.74, 6) is -1.20. The van der Waals surface area contributed by atoms with Gasteiger partial charge in [0.15, 0.2) is 6.61 Å². The van der Waals surface area contributed by atoms with Crippen LogP contribution in [0.3, 0.4) is 0 Å². The van der Waals surface area contributed by atoms with Crippen molar-refractivity contribution in [2.24, 2.45) is 0 Å². The molecule has 1 amide bonds. The van der Waals surface area contributed by atoms with E-state index in [1.807, 2.05) is 43.3 Å². The fraction of sp³-hybridized carbons (Fsp3) is 0.300. The summed E-state index contributed by atoms with van der Waals surface area (Å²) in [7, 11) is 5.58. The number of esters is 1. The van der Waals surface area contributed by atoms with E-state index in [4.69, 9.17) is 4.74 Å². The van der Waals surface area contributed by atoms with E-state index < -0.39 is 5.97 Å². The summed E-state index contributed by atoms with van der Waals surface area (Å²) in [6.07, 6.45) is 0. The van der Waals surface area contributed by atoms with Crippen LogP contribution in [0.15, 0.2) is 42.5 Å². The molecule has 0 aliphatic rings. The zero-order valence-corrected chi connectivity index (χ0v) is 15.5. The molecule has 0 saturated heterocycles. The number of aromatic hydroxyl groups is 1. The lowest BCUT2D eigenvalue weighted by Gasteiger charge is -2.18. The van der Waals surface area contributed by atoms with Gasteiger partial charge in [0.2, 0.25) is 0 Å². The van der Waals surface area contributed by atoms with Crippen molar-refractivity contribution >= 4 is 17.6 Å². The smallest absolute Gasteiger partial charge is 0.342 e. The summed E-state index contributed by atoms with van der Waals surface area (Å²) in [5, 5.41) is 9.74. The third-order valence-corrected chi connectivity index (χ3v) is 4.00. The molecular weight excluding hydrogens is 332 g/mol. The number of ether oxygens (including phenoxy) is 1. The molecule has 0 aromatic heterocycles. The molecule has 0 aliphatic carbocycles. The van der Waals surface area contributed by atoms with Gasteiger partial charge in [-0.15, -0.1) is 0 Å². The molecule has 6 heteroatoms. The van der Waals surface area contributed by atoms with E-state index in [1.54, 1.807) is 20.0 Å². The number of phenolic OH excluding ortho intramolecular Hbond substituents is 1. The largest absolute Gasteiger partial charge is 0.507 e.